The predicted octanol–water partition coefficient (Wildman–Crippen LogP) is 1.84. The summed E-state index contributed by atoms with van der Waals surface area (Å²) in [6.45, 7) is 3.96. The molecule has 0 heterocycles. The van der Waals surface area contributed by atoms with Gasteiger partial charge in [-0.25, -0.2) is 0 Å². The van der Waals surface area contributed by atoms with Gasteiger partial charge in [-0.15, -0.1) is 0 Å². The topological polar surface area (TPSA) is 45.0 Å². The van der Waals surface area contributed by atoms with E-state index in [1.807, 2.05) is 20.9 Å². The van der Waals surface area contributed by atoms with Gasteiger partial charge >= 0.3 is 0 Å². The molecule has 3 heteroatoms. The summed E-state index contributed by atoms with van der Waals surface area (Å²) in [5, 5.41) is 12.0. The van der Waals surface area contributed by atoms with Crippen molar-refractivity contribution in [1.82, 2.24) is 5.32 Å². The Hall–Kier alpha value is -0.590. The molecule has 1 fully saturated rings. The van der Waals surface area contributed by atoms with Gasteiger partial charge in [0.25, 0.3) is 0 Å². The molecule has 1 saturated carbocycles. The van der Waals surface area contributed by atoms with Gasteiger partial charge < -0.3 is 10.1 Å². The molecule has 2 atom stereocenters. The number of nitrogens with one attached hydrogen (secondary N) is 1. The molecule has 80 valence electrons. The lowest BCUT2D eigenvalue weighted by Gasteiger charge is -2.32. The molecule has 0 radical (unpaired) electrons. The third-order valence-electron chi connectivity index (χ3n) is 2.97. The summed E-state index contributed by atoms with van der Waals surface area (Å²) in [6, 6.07) is 2.28. The van der Waals surface area contributed by atoms with Crippen LogP contribution in [0.5, 0.6) is 0 Å². The molecule has 1 aliphatic carbocycles. The maximum absolute atomic E-state index is 8.97. The van der Waals surface area contributed by atoms with Crippen LogP contribution in [0, 0.1) is 11.3 Å². The summed E-state index contributed by atoms with van der Waals surface area (Å²) in [7, 11) is 1.82. The van der Waals surface area contributed by atoms with Crippen molar-refractivity contribution >= 4 is 0 Å². The van der Waals surface area contributed by atoms with Crippen LogP contribution in [0.2, 0.25) is 0 Å². The fourth-order valence-electron chi connectivity index (χ4n) is 1.66. The molecule has 0 spiro atoms. The maximum Gasteiger partial charge on any atom is 0.106 e. The van der Waals surface area contributed by atoms with Crippen molar-refractivity contribution < 1.29 is 4.74 Å². The molecule has 14 heavy (non-hydrogen) atoms. The lowest BCUT2D eigenvalue weighted by molar-refractivity contribution is -0.0515. The van der Waals surface area contributed by atoms with Crippen molar-refractivity contribution in [2.24, 2.45) is 0 Å². The molecule has 2 unspecified atom stereocenters. The van der Waals surface area contributed by atoms with Crippen LogP contribution in [-0.2, 0) is 4.74 Å². The van der Waals surface area contributed by atoms with E-state index in [-0.39, 0.29) is 6.10 Å². The maximum atomic E-state index is 8.97. The van der Waals surface area contributed by atoms with Crippen LogP contribution in [0.15, 0.2) is 0 Å². The van der Waals surface area contributed by atoms with Crippen molar-refractivity contribution in [1.29, 1.82) is 5.26 Å². The van der Waals surface area contributed by atoms with Crippen molar-refractivity contribution in [2.75, 3.05) is 7.05 Å². The van der Waals surface area contributed by atoms with Gasteiger partial charge in [0.15, 0.2) is 0 Å². The van der Waals surface area contributed by atoms with Crippen molar-refractivity contribution in [3.8, 4) is 6.07 Å². The first-order chi connectivity index (χ1) is 6.59. The molecular formula is C11H20N2O. The summed E-state index contributed by atoms with van der Waals surface area (Å²) >= 11 is 0. The van der Waals surface area contributed by atoms with E-state index in [2.05, 4.69) is 11.4 Å². The van der Waals surface area contributed by atoms with E-state index < -0.39 is 5.54 Å². The molecule has 1 rings (SSSR count). The Morgan fingerprint density at radius 2 is 2.29 bits per heavy atom. The molecule has 1 N–H and O–H groups in total. The first kappa shape index (κ1) is 11.5. The number of nitrogens with zero attached hydrogens (tertiary/aromatic N) is 1. The average Bonchev–Trinajstić information content (AvgIpc) is 2.11. The van der Waals surface area contributed by atoms with Crippen LogP contribution < -0.4 is 5.32 Å². The fourth-order valence-corrected chi connectivity index (χ4v) is 1.66. The Morgan fingerprint density at radius 1 is 1.64 bits per heavy atom. The Labute approximate surface area is 86.4 Å². The van der Waals surface area contributed by atoms with E-state index in [1.54, 1.807) is 0 Å². The zero-order valence-electron chi connectivity index (χ0n) is 9.34. The lowest BCUT2D eigenvalue weighted by atomic mass is 9.94. The zero-order valence-corrected chi connectivity index (χ0v) is 9.34. The Morgan fingerprint density at radius 3 is 2.64 bits per heavy atom. The van der Waals surface area contributed by atoms with E-state index in [9.17, 15) is 0 Å². The van der Waals surface area contributed by atoms with Gasteiger partial charge in [-0.1, -0.05) is 0 Å². The molecule has 0 amide bonds. The summed E-state index contributed by atoms with van der Waals surface area (Å²) in [5.74, 6) is 0. The molecule has 0 saturated heterocycles. The molecule has 3 nitrogen and oxygen atoms in total. The van der Waals surface area contributed by atoms with Gasteiger partial charge in [-0.05, 0) is 40.2 Å². The number of rotatable bonds is 5. The smallest absolute Gasteiger partial charge is 0.106 e. The monoisotopic (exact) mass is 196 g/mol. The lowest BCUT2D eigenvalue weighted by Crippen LogP contribution is -2.42. The Kier molecular flexibility index (Phi) is 3.91. The highest BCUT2D eigenvalue weighted by Crippen LogP contribution is 2.25. The van der Waals surface area contributed by atoms with Crippen molar-refractivity contribution in [3.05, 3.63) is 0 Å². The molecule has 0 bridgehead atoms. The average molecular weight is 196 g/mol. The predicted molar refractivity (Wildman–Crippen MR) is 55.9 cm³/mol. The summed E-state index contributed by atoms with van der Waals surface area (Å²) in [5.41, 5.74) is -0.455. The second kappa shape index (κ2) is 4.77. The third kappa shape index (κ3) is 2.97. The number of hydrogen-bond acceptors (Lipinski definition) is 3. The van der Waals surface area contributed by atoms with E-state index in [1.165, 1.54) is 19.3 Å². The van der Waals surface area contributed by atoms with Gasteiger partial charge in [-0.3, -0.25) is 0 Å². The first-order valence-corrected chi connectivity index (χ1v) is 5.35. The minimum Gasteiger partial charge on any atom is -0.375 e. The first-order valence-electron chi connectivity index (χ1n) is 5.35. The van der Waals surface area contributed by atoms with Crippen molar-refractivity contribution in [3.63, 3.8) is 0 Å². The number of hydrogen-bond donors (Lipinski definition) is 1. The van der Waals surface area contributed by atoms with Gasteiger partial charge in [0, 0.05) is 6.42 Å². The minimum absolute atomic E-state index is 0.164. The van der Waals surface area contributed by atoms with Gasteiger partial charge in [-0.2, -0.15) is 5.26 Å². The molecule has 0 aliphatic heterocycles. The Balaban J connectivity index is 2.30. The van der Waals surface area contributed by atoms with Crippen LogP contribution in [0.3, 0.4) is 0 Å². The standard InChI is InChI=1S/C11H20N2O/c1-9(14-10-5-4-6-10)7-11(2,8-12)13-3/h9-10,13H,4-7H2,1-3H3. The molecule has 0 aromatic rings. The largest absolute Gasteiger partial charge is 0.375 e. The number of nitriles is 1. The second-order valence-electron chi connectivity index (χ2n) is 4.40. The number of ether oxygens (including phenoxy) is 1. The molecule has 0 aromatic carbocycles. The summed E-state index contributed by atoms with van der Waals surface area (Å²) < 4.78 is 5.79. The minimum atomic E-state index is -0.455. The van der Waals surface area contributed by atoms with Crippen LogP contribution >= 0.6 is 0 Å². The van der Waals surface area contributed by atoms with Crippen LogP contribution in [-0.4, -0.2) is 24.8 Å². The third-order valence-corrected chi connectivity index (χ3v) is 2.97. The quantitative estimate of drug-likeness (QED) is 0.729. The second-order valence-corrected chi connectivity index (χ2v) is 4.40. The SMILES string of the molecule is CNC(C)(C#N)CC(C)OC1CCC1. The Bertz CT molecular complexity index is 220. The van der Waals surface area contributed by atoms with E-state index in [0.29, 0.717) is 6.10 Å². The highest BCUT2D eigenvalue weighted by Gasteiger charge is 2.27. The van der Waals surface area contributed by atoms with Crippen LogP contribution in [0.4, 0.5) is 0 Å². The summed E-state index contributed by atoms with van der Waals surface area (Å²) in [6.07, 6.45) is 5.03. The summed E-state index contributed by atoms with van der Waals surface area (Å²) in [4.78, 5) is 0. The van der Waals surface area contributed by atoms with Crippen LogP contribution in [0.25, 0.3) is 0 Å². The fraction of sp³-hybridized carbons (Fsp3) is 0.909. The van der Waals surface area contributed by atoms with E-state index >= 15 is 0 Å². The van der Waals surface area contributed by atoms with Gasteiger partial charge in [0.05, 0.1) is 18.3 Å². The van der Waals surface area contributed by atoms with Crippen molar-refractivity contribution in [2.45, 2.75) is 57.3 Å². The highest BCUT2D eigenvalue weighted by atomic mass is 16.5. The molecule has 1 aliphatic rings. The normalized spacial score (nSPS) is 23.3. The zero-order chi connectivity index (χ0) is 10.6. The van der Waals surface area contributed by atoms with Crippen LogP contribution in [0.1, 0.15) is 39.5 Å². The molecular weight excluding hydrogens is 176 g/mol. The van der Waals surface area contributed by atoms with Gasteiger partial charge in [0.2, 0.25) is 0 Å². The van der Waals surface area contributed by atoms with E-state index in [4.69, 9.17) is 10.00 Å². The molecule has 0 aromatic heterocycles. The van der Waals surface area contributed by atoms with E-state index in [0.717, 1.165) is 6.42 Å². The highest BCUT2D eigenvalue weighted by molar-refractivity contribution is 5.03. The van der Waals surface area contributed by atoms with Gasteiger partial charge in [0.1, 0.15) is 5.54 Å².